The van der Waals surface area contributed by atoms with Gasteiger partial charge in [0.1, 0.15) is 11.1 Å². The summed E-state index contributed by atoms with van der Waals surface area (Å²) in [5.74, 6) is -0.0962. The largest absolute Gasteiger partial charge is 0.444 e. The van der Waals surface area contributed by atoms with E-state index in [0.717, 1.165) is 16.8 Å². The number of primary amides is 1. The van der Waals surface area contributed by atoms with Gasteiger partial charge < -0.3 is 15.8 Å². The second-order valence-electron chi connectivity index (χ2n) is 9.38. The molecule has 1 atom stereocenters. The lowest BCUT2D eigenvalue weighted by Crippen LogP contribution is -2.55. The molecule has 0 radical (unpaired) electrons. The van der Waals surface area contributed by atoms with Crippen LogP contribution in [0.4, 0.5) is 10.5 Å². The van der Waals surface area contributed by atoms with Gasteiger partial charge in [-0.15, -0.1) is 0 Å². The number of nitrogens with zero attached hydrogens (tertiary/aromatic N) is 1. The molecule has 2 aromatic carbocycles. The fourth-order valence-corrected chi connectivity index (χ4v) is 5.11. The Morgan fingerprint density at radius 3 is 2.52 bits per heavy atom. The number of hydrogen-bond donors (Lipinski definition) is 2. The lowest BCUT2D eigenvalue weighted by molar-refractivity contribution is -0.129. The molecule has 3 N–H and O–H groups in total. The van der Waals surface area contributed by atoms with Gasteiger partial charge in [0.15, 0.2) is 0 Å². The zero-order valence-corrected chi connectivity index (χ0v) is 21.0. The van der Waals surface area contributed by atoms with Crippen molar-refractivity contribution in [2.75, 3.05) is 11.9 Å². The van der Waals surface area contributed by atoms with E-state index in [9.17, 15) is 9.59 Å². The standard InChI is InChI=1S/C25H31Cl2N3O3/c1-16(2)30(12-6-11-24(3,4)33-23(28)32)25(15-17-7-5-8-18(26)13-17)20-10-9-19(27)14-21(20)29-22(25)31/h5,7-10,13-14,16H,6,11-12,15H2,1-4H3,(H2,28,32)(H,29,31). The summed E-state index contributed by atoms with van der Waals surface area (Å²) in [6.07, 6.45) is 0.958. The number of carbonyl (C=O) groups is 2. The molecule has 2 aromatic rings. The molecule has 1 unspecified atom stereocenters. The first-order chi connectivity index (χ1) is 15.4. The molecule has 2 amide bonds. The summed E-state index contributed by atoms with van der Waals surface area (Å²) in [6, 6.07) is 13.2. The molecule has 3 rings (SSSR count). The van der Waals surface area contributed by atoms with Gasteiger partial charge in [-0.3, -0.25) is 9.69 Å². The third-order valence-electron chi connectivity index (χ3n) is 6.07. The predicted octanol–water partition coefficient (Wildman–Crippen LogP) is 5.75. The summed E-state index contributed by atoms with van der Waals surface area (Å²) in [6.45, 7) is 8.43. The number of nitrogens with one attached hydrogen (secondary N) is 1. The molecule has 0 aromatic heterocycles. The Kier molecular flexibility index (Phi) is 7.62. The van der Waals surface area contributed by atoms with Crippen molar-refractivity contribution < 1.29 is 14.3 Å². The first kappa shape index (κ1) is 25.3. The zero-order valence-electron chi connectivity index (χ0n) is 19.5. The molecule has 0 fully saturated rings. The van der Waals surface area contributed by atoms with Gasteiger partial charge in [0.2, 0.25) is 5.91 Å². The second kappa shape index (κ2) is 9.92. The fourth-order valence-electron chi connectivity index (χ4n) is 4.72. The molecule has 1 aliphatic heterocycles. The van der Waals surface area contributed by atoms with Crippen molar-refractivity contribution in [2.45, 2.75) is 64.1 Å². The van der Waals surface area contributed by atoms with E-state index in [2.05, 4.69) is 24.1 Å². The van der Waals surface area contributed by atoms with Crippen LogP contribution in [0.1, 0.15) is 51.7 Å². The number of ether oxygens (including phenoxy) is 1. The number of anilines is 1. The average molecular weight is 492 g/mol. The molecule has 178 valence electrons. The van der Waals surface area contributed by atoms with E-state index in [1.165, 1.54) is 0 Å². The van der Waals surface area contributed by atoms with E-state index in [4.69, 9.17) is 33.7 Å². The van der Waals surface area contributed by atoms with Crippen LogP contribution >= 0.6 is 23.2 Å². The minimum absolute atomic E-state index is 0.0525. The fraction of sp³-hybridized carbons (Fsp3) is 0.440. The van der Waals surface area contributed by atoms with Crippen LogP contribution in [0.15, 0.2) is 42.5 Å². The van der Waals surface area contributed by atoms with Gasteiger partial charge in [-0.1, -0.05) is 41.4 Å². The Morgan fingerprint density at radius 2 is 1.88 bits per heavy atom. The Balaban J connectivity index is 2.00. The van der Waals surface area contributed by atoms with Gasteiger partial charge >= 0.3 is 6.09 Å². The third-order valence-corrected chi connectivity index (χ3v) is 6.54. The number of nitrogens with two attached hydrogens (primary N) is 1. The smallest absolute Gasteiger partial charge is 0.405 e. The lowest BCUT2D eigenvalue weighted by atomic mass is 9.81. The first-order valence-corrected chi connectivity index (χ1v) is 11.8. The maximum absolute atomic E-state index is 13.7. The van der Waals surface area contributed by atoms with Gasteiger partial charge in [0.25, 0.3) is 0 Å². The SMILES string of the molecule is CC(C)N(CCCC(C)(C)OC(N)=O)C1(Cc2cccc(Cl)c2)C(=O)Nc2cc(Cl)ccc21. The molecule has 1 heterocycles. The van der Waals surface area contributed by atoms with Crippen LogP contribution in [0.5, 0.6) is 0 Å². The Hall–Kier alpha value is -2.28. The summed E-state index contributed by atoms with van der Waals surface area (Å²) in [4.78, 5) is 27.1. The van der Waals surface area contributed by atoms with Crippen LogP contribution in [0.3, 0.4) is 0 Å². The molecular formula is C25H31Cl2N3O3. The molecule has 0 bridgehead atoms. The van der Waals surface area contributed by atoms with E-state index in [1.54, 1.807) is 6.07 Å². The number of carbonyl (C=O) groups excluding carboxylic acids is 2. The van der Waals surface area contributed by atoms with Crippen molar-refractivity contribution in [1.29, 1.82) is 0 Å². The first-order valence-electron chi connectivity index (χ1n) is 11.1. The van der Waals surface area contributed by atoms with Crippen LogP contribution in [0.2, 0.25) is 10.0 Å². The summed E-state index contributed by atoms with van der Waals surface area (Å²) >= 11 is 12.5. The number of amides is 2. The summed E-state index contributed by atoms with van der Waals surface area (Å²) in [7, 11) is 0. The quantitative estimate of drug-likeness (QED) is 0.467. The molecule has 8 heteroatoms. The van der Waals surface area contributed by atoms with Crippen molar-refractivity contribution in [3.63, 3.8) is 0 Å². The molecular weight excluding hydrogens is 461 g/mol. The topological polar surface area (TPSA) is 84.7 Å². The predicted molar refractivity (Wildman–Crippen MR) is 133 cm³/mol. The molecule has 1 aliphatic rings. The molecule has 6 nitrogen and oxygen atoms in total. The van der Waals surface area contributed by atoms with E-state index in [-0.39, 0.29) is 11.9 Å². The highest BCUT2D eigenvalue weighted by Crippen LogP contribution is 2.45. The highest BCUT2D eigenvalue weighted by molar-refractivity contribution is 6.31. The normalized spacial score (nSPS) is 17.9. The van der Waals surface area contributed by atoms with E-state index in [1.807, 2.05) is 50.2 Å². The summed E-state index contributed by atoms with van der Waals surface area (Å²) in [5, 5.41) is 4.24. The molecule has 33 heavy (non-hydrogen) atoms. The number of hydrogen-bond acceptors (Lipinski definition) is 4. The zero-order chi connectivity index (χ0) is 24.4. The molecule has 0 spiro atoms. The van der Waals surface area contributed by atoms with Gasteiger partial charge in [0.05, 0.1) is 0 Å². The Bertz CT molecular complexity index is 1040. The van der Waals surface area contributed by atoms with Gasteiger partial charge in [-0.05, 0) is 76.9 Å². The van der Waals surface area contributed by atoms with E-state index >= 15 is 0 Å². The summed E-state index contributed by atoms with van der Waals surface area (Å²) < 4.78 is 5.24. The molecule has 0 aliphatic carbocycles. The van der Waals surface area contributed by atoms with Crippen LogP contribution in [-0.2, 0) is 21.5 Å². The average Bonchev–Trinajstić information content (AvgIpc) is 2.95. The Labute approximate surface area is 205 Å². The third kappa shape index (κ3) is 5.62. The van der Waals surface area contributed by atoms with E-state index in [0.29, 0.717) is 35.9 Å². The van der Waals surface area contributed by atoms with Crippen LogP contribution in [0.25, 0.3) is 0 Å². The maximum Gasteiger partial charge on any atom is 0.405 e. The highest BCUT2D eigenvalue weighted by Gasteiger charge is 2.52. The van der Waals surface area contributed by atoms with Crippen molar-refractivity contribution >= 4 is 40.9 Å². The van der Waals surface area contributed by atoms with Crippen molar-refractivity contribution in [3.05, 3.63) is 63.6 Å². The number of rotatable bonds is 9. The number of halogens is 2. The van der Waals surface area contributed by atoms with Crippen molar-refractivity contribution in [3.8, 4) is 0 Å². The van der Waals surface area contributed by atoms with Gasteiger partial charge in [0, 0.05) is 33.8 Å². The van der Waals surface area contributed by atoms with E-state index < -0.39 is 17.2 Å². The van der Waals surface area contributed by atoms with Crippen LogP contribution in [-0.4, -0.2) is 35.1 Å². The van der Waals surface area contributed by atoms with Gasteiger partial charge in [-0.25, -0.2) is 4.79 Å². The Morgan fingerprint density at radius 1 is 1.18 bits per heavy atom. The van der Waals surface area contributed by atoms with Crippen molar-refractivity contribution in [1.82, 2.24) is 4.90 Å². The van der Waals surface area contributed by atoms with Gasteiger partial charge in [-0.2, -0.15) is 0 Å². The number of benzene rings is 2. The molecule has 0 saturated heterocycles. The monoisotopic (exact) mass is 491 g/mol. The second-order valence-corrected chi connectivity index (χ2v) is 10.3. The maximum atomic E-state index is 13.7. The van der Waals surface area contributed by atoms with Crippen LogP contribution < -0.4 is 11.1 Å². The number of fused-ring (bicyclic) bond motifs is 1. The highest BCUT2D eigenvalue weighted by atomic mass is 35.5. The van der Waals surface area contributed by atoms with Crippen molar-refractivity contribution in [2.24, 2.45) is 5.73 Å². The van der Waals surface area contributed by atoms with Crippen LogP contribution in [0, 0.1) is 0 Å². The minimum Gasteiger partial charge on any atom is -0.444 e. The summed E-state index contributed by atoms with van der Waals surface area (Å²) in [5.41, 5.74) is 6.15. The molecule has 0 saturated carbocycles. The lowest BCUT2D eigenvalue weighted by Gasteiger charge is -2.43. The minimum atomic E-state index is -0.937.